The number of benzene rings is 1. The second-order valence-corrected chi connectivity index (χ2v) is 5.45. The highest BCUT2D eigenvalue weighted by Gasteiger charge is 2.23. The van der Waals surface area contributed by atoms with E-state index in [4.69, 9.17) is 0 Å². The van der Waals surface area contributed by atoms with Gasteiger partial charge in [0.1, 0.15) is 0 Å². The molecule has 1 saturated carbocycles. The molecule has 1 aromatic heterocycles. The van der Waals surface area contributed by atoms with Gasteiger partial charge in [-0.3, -0.25) is 0 Å². The van der Waals surface area contributed by atoms with Gasteiger partial charge in [0.2, 0.25) is 0 Å². The third kappa shape index (κ3) is 2.59. The summed E-state index contributed by atoms with van der Waals surface area (Å²) in [6.07, 6.45) is 6.23. The molecule has 0 amide bonds. The lowest BCUT2D eigenvalue weighted by Crippen LogP contribution is -2.28. The zero-order chi connectivity index (χ0) is 12.4. The van der Waals surface area contributed by atoms with E-state index < -0.39 is 0 Å². The van der Waals surface area contributed by atoms with Crippen LogP contribution in [0.3, 0.4) is 0 Å². The zero-order valence-corrected chi connectivity index (χ0v) is 11.2. The summed E-state index contributed by atoms with van der Waals surface area (Å²) in [5, 5.41) is 1.39. The predicted octanol–water partition coefficient (Wildman–Crippen LogP) is 3.44. The molecule has 1 aromatic carbocycles. The lowest BCUT2D eigenvalue weighted by atomic mass is 10.1. The molecule has 0 radical (unpaired) electrons. The van der Waals surface area contributed by atoms with Crippen molar-refractivity contribution in [3.05, 3.63) is 36.0 Å². The van der Waals surface area contributed by atoms with Crippen LogP contribution in [0.25, 0.3) is 10.9 Å². The topological polar surface area (TPSA) is 19.0 Å². The Morgan fingerprint density at radius 3 is 2.89 bits per heavy atom. The van der Waals surface area contributed by atoms with Crippen LogP contribution in [0.5, 0.6) is 0 Å². The molecule has 0 bridgehead atoms. The standard InChI is InChI=1S/C16H22N2/c1-2-18(12-13-7-8-13)10-9-14-11-17-16-6-4-3-5-15(14)16/h3-6,11,13,17H,2,7-10,12H2,1H3. The molecule has 1 N–H and O–H groups in total. The van der Waals surface area contributed by atoms with Crippen molar-refractivity contribution in [1.82, 2.24) is 9.88 Å². The average Bonchev–Trinajstić information content (AvgIpc) is 3.13. The van der Waals surface area contributed by atoms with Gasteiger partial charge < -0.3 is 9.88 Å². The van der Waals surface area contributed by atoms with Gasteiger partial charge in [0, 0.05) is 30.2 Å². The minimum atomic E-state index is 0.993. The van der Waals surface area contributed by atoms with Crippen molar-refractivity contribution in [3.63, 3.8) is 0 Å². The second kappa shape index (κ2) is 5.15. The van der Waals surface area contributed by atoms with Crippen molar-refractivity contribution >= 4 is 10.9 Å². The molecule has 0 spiro atoms. The Hall–Kier alpha value is -1.28. The van der Waals surface area contributed by atoms with E-state index in [2.05, 4.69) is 47.3 Å². The van der Waals surface area contributed by atoms with Crippen LogP contribution in [-0.4, -0.2) is 29.5 Å². The van der Waals surface area contributed by atoms with Crippen molar-refractivity contribution in [2.45, 2.75) is 26.2 Å². The first kappa shape index (κ1) is 11.8. The Labute approximate surface area is 109 Å². The Kier molecular flexibility index (Phi) is 3.37. The van der Waals surface area contributed by atoms with Crippen LogP contribution in [0.2, 0.25) is 0 Å². The monoisotopic (exact) mass is 242 g/mol. The average molecular weight is 242 g/mol. The largest absolute Gasteiger partial charge is 0.361 e. The molecule has 2 nitrogen and oxygen atoms in total. The van der Waals surface area contributed by atoms with Crippen LogP contribution in [0, 0.1) is 5.92 Å². The van der Waals surface area contributed by atoms with Gasteiger partial charge in [-0.2, -0.15) is 0 Å². The molecule has 18 heavy (non-hydrogen) atoms. The molecule has 0 atom stereocenters. The Balaban J connectivity index is 1.64. The molecule has 1 heterocycles. The van der Waals surface area contributed by atoms with E-state index in [9.17, 15) is 0 Å². The molecule has 3 rings (SSSR count). The highest BCUT2D eigenvalue weighted by molar-refractivity contribution is 5.83. The van der Waals surface area contributed by atoms with E-state index in [1.807, 2.05) is 0 Å². The fourth-order valence-corrected chi connectivity index (χ4v) is 2.66. The number of nitrogens with one attached hydrogen (secondary N) is 1. The third-order valence-corrected chi connectivity index (χ3v) is 4.03. The maximum atomic E-state index is 3.36. The normalized spacial score (nSPS) is 15.7. The molecule has 1 aliphatic rings. The van der Waals surface area contributed by atoms with Crippen LogP contribution in [-0.2, 0) is 6.42 Å². The summed E-state index contributed by atoms with van der Waals surface area (Å²) in [7, 11) is 0. The van der Waals surface area contributed by atoms with Gasteiger partial charge >= 0.3 is 0 Å². The molecule has 1 aliphatic carbocycles. The van der Waals surface area contributed by atoms with Crippen molar-refractivity contribution in [2.75, 3.05) is 19.6 Å². The van der Waals surface area contributed by atoms with Crippen LogP contribution in [0.1, 0.15) is 25.3 Å². The Morgan fingerprint density at radius 1 is 1.28 bits per heavy atom. The minimum absolute atomic E-state index is 0.993. The lowest BCUT2D eigenvalue weighted by Gasteiger charge is -2.19. The zero-order valence-electron chi connectivity index (χ0n) is 11.2. The number of H-pyrrole nitrogens is 1. The molecule has 96 valence electrons. The van der Waals surface area contributed by atoms with Crippen LogP contribution in [0.4, 0.5) is 0 Å². The summed E-state index contributed by atoms with van der Waals surface area (Å²) >= 11 is 0. The Morgan fingerprint density at radius 2 is 2.11 bits per heavy atom. The van der Waals surface area contributed by atoms with E-state index in [0.717, 1.165) is 12.3 Å². The second-order valence-electron chi connectivity index (χ2n) is 5.45. The predicted molar refractivity (Wildman–Crippen MR) is 76.8 cm³/mol. The van der Waals surface area contributed by atoms with E-state index in [1.165, 1.54) is 48.9 Å². The smallest absolute Gasteiger partial charge is 0.0456 e. The van der Waals surface area contributed by atoms with E-state index in [-0.39, 0.29) is 0 Å². The van der Waals surface area contributed by atoms with Crippen molar-refractivity contribution < 1.29 is 0 Å². The molecule has 0 aliphatic heterocycles. The number of aromatic amines is 1. The van der Waals surface area contributed by atoms with Crippen LogP contribution < -0.4 is 0 Å². The first-order valence-electron chi connectivity index (χ1n) is 7.14. The number of nitrogens with zero attached hydrogens (tertiary/aromatic N) is 1. The van der Waals surface area contributed by atoms with Gasteiger partial charge in [-0.25, -0.2) is 0 Å². The molecule has 0 saturated heterocycles. The first-order chi connectivity index (χ1) is 8.86. The highest BCUT2D eigenvalue weighted by atomic mass is 15.1. The van der Waals surface area contributed by atoms with Gasteiger partial charge in [0.05, 0.1) is 0 Å². The molecule has 0 unspecified atom stereocenters. The molecular weight excluding hydrogens is 220 g/mol. The molecule has 2 heteroatoms. The maximum absolute atomic E-state index is 3.36. The Bertz CT molecular complexity index is 511. The van der Waals surface area contributed by atoms with E-state index in [1.54, 1.807) is 0 Å². The summed E-state index contributed by atoms with van der Waals surface area (Å²) in [5.41, 5.74) is 2.72. The minimum Gasteiger partial charge on any atom is -0.361 e. The molecule has 1 fully saturated rings. The summed E-state index contributed by atoms with van der Waals surface area (Å²) in [6, 6.07) is 8.59. The van der Waals surface area contributed by atoms with Gasteiger partial charge in [-0.15, -0.1) is 0 Å². The van der Waals surface area contributed by atoms with Crippen LogP contribution >= 0.6 is 0 Å². The summed E-state index contributed by atoms with van der Waals surface area (Å²) in [6.45, 7) is 5.95. The SMILES string of the molecule is CCN(CCc1c[nH]c2ccccc12)CC1CC1. The van der Waals surface area contributed by atoms with Crippen molar-refractivity contribution in [2.24, 2.45) is 5.92 Å². The van der Waals surface area contributed by atoms with Gasteiger partial charge in [0.15, 0.2) is 0 Å². The quantitative estimate of drug-likeness (QED) is 0.822. The number of hydrogen-bond acceptors (Lipinski definition) is 1. The highest BCUT2D eigenvalue weighted by Crippen LogP contribution is 2.29. The number of hydrogen-bond donors (Lipinski definition) is 1. The third-order valence-electron chi connectivity index (χ3n) is 4.03. The van der Waals surface area contributed by atoms with Crippen molar-refractivity contribution in [3.8, 4) is 0 Å². The number of rotatable bonds is 6. The lowest BCUT2D eigenvalue weighted by molar-refractivity contribution is 0.280. The number of aromatic nitrogens is 1. The van der Waals surface area contributed by atoms with Crippen molar-refractivity contribution in [1.29, 1.82) is 0 Å². The van der Waals surface area contributed by atoms with Gasteiger partial charge in [-0.1, -0.05) is 25.1 Å². The summed E-state index contributed by atoms with van der Waals surface area (Å²) in [5.74, 6) is 0.993. The number of fused-ring (bicyclic) bond motifs is 1. The van der Waals surface area contributed by atoms with E-state index >= 15 is 0 Å². The number of para-hydroxylation sites is 1. The number of likely N-dealkylation sites (N-methyl/N-ethyl adjacent to an activating group) is 1. The maximum Gasteiger partial charge on any atom is 0.0456 e. The van der Waals surface area contributed by atoms with Gasteiger partial charge in [0.25, 0.3) is 0 Å². The first-order valence-corrected chi connectivity index (χ1v) is 7.14. The fourth-order valence-electron chi connectivity index (χ4n) is 2.66. The molecule has 2 aromatic rings. The summed E-state index contributed by atoms with van der Waals surface area (Å²) < 4.78 is 0. The van der Waals surface area contributed by atoms with Crippen LogP contribution in [0.15, 0.2) is 30.5 Å². The molecular formula is C16H22N2. The fraction of sp³-hybridized carbons (Fsp3) is 0.500. The van der Waals surface area contributed by atoms with E-state index in [0.29, 0.717) is 0 Å². The summed E-state index contributed by atoms with van der Waals surface area (Å²) in [4.78, 5) is 5.96. The van der Waals surface area contributed by atoms with Gasteiger partial charge in [-0.05, 0) is 43.4 Å².